The van der Waals surface area contributed by atoms with Crippen molar-refractivity contribution in [2.45, 2.75) is 13.2 Å². The maximum Gasteiger partial charge on any atom is 0.355 e. The van der Waals surface area contributed by atoms with Crippen molar-refractivity contribution < 1.29 is 23.5 Å². The van der Waals surface area contributed by atoms with E-state index in [1.54, 1.807) is 31.2 Å². The first-order chi connectivity index (χ1) is 12.1. The molecule has 1 heterocycles. The molecule has 25 heavy (non-hydrogen) atoms. The number of ether oxygens (including phenoxy) is 2. The number of carbonyl (C=O) groups excluding carboxylic acids is 2. The molecule has 2 aromatic rings. The molecule has 0 saturated carbocycles. The molecule has 0 fully saturated rings. The summed E-state index contributed by atoms with van der Waals surface area (Å²) < 4.78 is 23.8. The zero-order chi connectivity index (χ0) is 17.8. The summed E-state index contributed by atoms with van der Waals surface area (Å²) in [5, 5.41) is 0. The zero-order valence-electron chi connectivity index (χ0n) is 13.5. The largest absolute Gasteiger partial charge is 0.461 e. The van der Waals surface area contributed by atoms with Gasteiger partial charge in [0.2, 0.25) is 6.23 Å². The molecule has 0 radical (unpaired) electrons. The van der Waals surface area contributed by atoms with Crippen LogP contribution >= 0.6 is 0 Å². The highest BCUT2D eigenvalue weighted by atomic mass is 19.1. The van der Waals surface area contributed by atoms with E-state index in [1.807, 2.05) is 6.07 Å². The van der Waals surface area contributed by atoms with Gasteiger partial charge in [-0.3, -0.25) is 4.90 Å². The Labute approximate surface area is 144 Å². The van der Waals surface area contributed by atoms with Crippen molar-refractivity contribution >= 4 is 17.6 Å². The second kappa shape index (κ2) is 7.17. The Bertz CT molecular complexity index is 802. The lowest BCUT2D eigenvalue weighted by Gasteiger charge is -2.36. The van der Waals surface area contributed by atoms with E-state index in [4.69, 9.17) is 9.47 Å². The zero-order valence-corrected chi connectivity index (χ0v) is 13.5. The fourth-order valence-electron chi connectivity index (χ4n) is 2.58. The summed E-state index contributed by atoms with van der Waals surface area (Å²) in [6, 6.07) is 14.6. The summed E-state index contributed by atoms with van der Waals surface area (Å²) in [6.07, 6.45) is 0.226. The monoisotopic (exact) mass is 341 g/mol. The average molecular weight is 341 g/mol. The molecule has 0 bridgehead atoms. The number of cyclic esters (lactones) is 1. The van der Waals surface area contributed by atoms with Gasteiger partial charge in [-0.25, -0.2) is 14.0 Å². The van der Waals surface area contributed by atoms with Crippen LogP contribution < -0.4 is 4.90 Å². The Hall–Kier alpha value is -3.15. The van der Waals surface area contributed by atoms with E-state index in [0.29, 0.717) is 11.3 Å². The van der Waals surface area contributed by atoms with Gasteiger partial charge in [0.15, 0.2) is 0 Å². The number of rotatable bonds is 4. The van der Waals surface area contributed by atoms with Gasteiger partial charge >= 0.3 is 11.9 Å². The molecule has 0 amide bonds. The molecular formula is C19H16FNO4. The van der Waals surface area contributed by atoms with Crippen molar-refractivity contribution in [3.05, 3.63) is 77.8 Å². The molecular weight excluding hydrogens is 325 g/mol. The molecule has 1 atom stereocenters. The minimum absolute atomic E-state index is 0.0403. The maximum absolute atomic E-state index is 13.3. The van der Waals surface area contributed by atoms with Crippen LogP contribution in [0.3, 0.4) is 0 Å². The van der Waals surface area contributed by atoms with Crippen molar-refractivity contribution in [1.82, 2.24) is 0 Å². The highest BCUT2D eigenvalue weighted by Gasteiger charge is 2.35. The summed E-state index contributed by atoms with van der Waals surface area (Å²) in [7, 11) is 0. The number of benzene rings is 2. The highest BCUT2D eigenvalue weighted by molar-refractivity contribution is 6.01. The molecule has 6 heteroatoms. The van der Waals surface area contributed by atoms with Crippen LogP contribution in [0.2, 0.25) is 0 Å². The smallest absolute Gasteiger partial charge is 0.355 e. The van der Waals surface area contributed by atoms with E-state index in [9.17, 15) is 14.0 Å². The topological polar surface area (TPSA) is 55.8 Å². The van der Waals surface area contributed by atoms with Crippen molar-refractivity contribution in [2.75, 3.05) is 11.5 Å². The molecule has 3 rings (SSSR count). The van der Waals surface area contributed by atoms with Gasteiger partial charge in [-0.15, -0.1) is 0 Å². The molecule has 0 aromatic heterocycles. The Kier molecular flexibility index (Phi) is 4.79. The van der Waals surface area contributed by atoms with Gasteiger partial charge in [0.1, 0.15) is 11.5 Å². The molecule has 1 aliphatic heterocycles. The van der Waals surface area contributed by atoms with Crippen LogP contribution in [0.25, 0.3) is 0 Å². The summed E-state index contributed by atoms with van der Waals surface area (Å²) in [4.78, 5) is 25.9. The SMILES string of the molecule is CCOC(=O)C1=CC(=O)OC(c2ccccc2)N1c1ccc(F)cc1. The second-order valence-electron chi connectivity index (χ2n) is 5.30. The second-order valence-corrected chi connectivity index (χ2v) is 5.30. The fourth-order valence-corrected chi connectivity index (χ4v) is 2.58. The molecule has 0 saturated heterocycles. The highest BCUT2D eigenvalue weighted by Crippen LogP contribution is 2.35. The number of anilines is 1. The van der Waals surface area contributed by atoms with E-state index in [1.165, 1.54) is 29.2 Å². The normalized spacial score (nSPS) is 16.9. The van der Waals surface area contributed by atoms with Gasteiger partial charge in [-0.05, 0) is 31.2 Å². The lowest BCUT2D eigenvalue weighted by Crippen LogP contribution is -2.39. The van der Waals surface area contributed by atoms with Crippen molar-refractivity contribution in [3.8, 4) is 0 Å². The van der Waals surface area contributed by atoms with Gasteiger partial charge in [0.25, 0.3) is 0 Å². The first kappa shape index (κ1) is 16.7. The van der Waals surface area contributed by atoms with Crippen LogP contribution in [0.1, 0.15) is 18.7 Å². The summed E-state index contributed by atoms with van der Waals surface area (Å²) in [6.45, 7) is 1.84. The number of halogens is 1. The standard InChI is InChI=1S/C19H16FNO4/c1-2-24-19(23)16-12-17(22)25-18(13-6-4-3-5-7-13)21(16)15-10-8-14(20)9-11-15/h3-12,18H,2H2,1H3. The van der Waals surface area contributed by atoms with Crippen LogP contribution in [0.5, 0.6) is 0 Å². The minimum atomic E-state index is -0.858. The van der Waals surface area contributed by atoms with E-state index in [0.717, 1.165) is 6.08 Å². The third kappa shape index (κ3) is 3.52. The lowest BCUT2D eigenvalue weighted by atomic mass is 10.1. The predicted molar refractivity (Wildman–Crippen MR) is 88.9 cm³/mol. The molecule has 0 aliphatic carbocycles. The van der Waals surface area contributed by atoms with E-state index in [-0.39, 0.29) is 12.3 Å². The van der Waals surface area contributed by atoms with Crippen molar-refractivity contribution in [3.63, 3.8) is 0 Å². The Balaban J connectivity index is 2.10. The Morgan fingerprint density at radius 1 is 1.16 bits per heavy atom. The number of nitrogens with zero attached hydrogens (tertiary/aromatic N) is 1. The molecule has 2 aromatic carbocycles. The molecule has 1 unspecified atom stereocenters. The van der Waals surface area contributed by atoms with E-state index < -0.39 is 24.0 Å². The summed E-state index contributed by atoms with van der Waals surface area (Å²) >= 11 is 0. The van der Waals surface area contributed by atoms with Gasteiger partial charge in [0.05, 0.1) is 12.7 Å². The van der Waals surface area contributed by atoms with Crippen LogP contribution in [-0.4, -0.2) is 18.5 Å². The Morgan fingerprint density at radius 2 is 1.84 bits per heavy atom. The van der Waals surface area contributed by atoms with Crippen LogP contribution in [0, 0.1) is 5.82 Å². The molecule has 0 spiro atoms. The third-order valence-electron chi connectivity index (χ3n) is 3.65. The summed E-state index contributed by atoms with van der Waals surface area (Å²) in [5.41, 5.74) is 1.22. The van der Waals surface area contributed by atoms with Gasteiger partial charge < -0.3 is 9.47 Å². The minimum Gasteiger partial charge on any atom is -0.461 e. The predicted octanol–water partition coefficient (Wildman–Crippen LogP) is 3.33. The third-order valence-corrected chi connectivity index (χ3v) is 3.65. The fraction of sp³-hybridized carbons (Fsp3) is 0.158. The number of esters is 2. The van der Waals surface area contributed by atoms with Crippen molar-refractivity contribution in [1.29, 1.82) is 0 Å². The van der Waals surface area contributed by atoms with Gasteiger partial charge in [0, 0.05) is 11.3 Å². The van der Waals surface area contributed by atoms with Gasteiger partial charge in [-0.1, -0.05) is 30.3 Å². The lowest BCUT2D eigenvalue weighted by molar-refractivity contribution is -0.148. The average Bonchev–Trinajstić information content (AvgIpc) is 2.63. The number of hydrogen-bond donors (Lipinski definition) is 0. The number of hydrogen-bond acceptors (Lipinski definition) is 5. The van der Waals surface area contributed by atoms with Crippen LogP contribution in [-0.2, 0) is 19.1 Å². The maximum atomic E-state index is 13.3. The van der Waals surface area contributed by atoms with E-state index in [2.05, 4.69) is 0 Å². The first-order valence-electron chi connectivity index (χ1n) is 7.79. The van der Waals surface area contributed by atoms with Crippen molar-refractivity contribution in [2.24, 2.45) is 0 Å². The summed E-state index contributed by atoms with van der Waals surface area (Å²) in [5.74, 6) is -1.70. The molecule has 128 valence electrons. The molecule has 5 nitrogen and oxygen atoms in total. The molecule has 0 N–H and O–H groups in total. The van der Waals surface area contributed by atoms with Crippen LogP contribution in [0.15, 0.2) is 66.4 Å². The Morgan fingerprint density at radius 3 is 2.48 bits per heavy atom. The number of carbonyl (C=O) groups is 2. The first-order valence-corrected chi connectivity index (χ1v) is 7.79. The van der Waals surface area contributed by atoms with Gasteiger partial charge in [-0.2, -0.15) is 0 Å². The quantitative estimate of drug-likeness (QED) is 0.799. The van der Waals surface area contributed by atoms with E-state index >= 15 is 0 Å². The molecule has 1 aliphatic rings. The van der Waals surface area contributed by atoms with Crippen LogP contribution in [0.4, 0.5) is 10.1 Å².